The maximum absolute atomic E-state index is 12.8. The summed E-state index contributed by atoms with van der Waals surface area (Å²) in [7, 11) is -3.78. The van der Waals surface area contributed by atoms with Crippen LogP contribution >= 0.6 is 0 Å². The Balaban J connectivity index is 1.48. The highest BCUT2D eigenvalue weighted by Gasteiger charge is 2.32. The van der Waals surface area contributed by atoms with Crippen LogP contribution in [0.2, 0.25) is 0 Å². The molecule has 3 aromatic rings. The van der Waals surface area contributed by atoms with Crippen LogP contribution in [0.5, 0.6) is 5.75 Å². The molecule has 1 aliphatic heterocycles. The van der Waals surface area contributed by atoms with Crippen LogP contribution in [0.4, 0.5) is 0 Å². The predicted octanol–water partition coefficient (Wildman–Crippen LogP) is 2.52. The summed E-state index contributed by atoms with van der Waals surface area (Å²) in [4.78, 5) is 19.0. The zero-order valence-electron chi connectivity index (χ0n) is 16.7. The van der Waals surface area contributed by atoms with Gasteiger partial charge in [0.05, 0.1) is 4.90 Å². The molecule has 0 bridgehead atoms. The summed E-state index contributed by atoms with van der Waals surface area (Å²) in [5.74, 6) is 1.14. The number of benzene rings is 2. The molecule has 1 unspecified atom stereocenters. The Morgan fingerprint density at radius 3 is 2.58 bits per heavy atom. The summed E-state index contributed by atoms with van der Waals surface area (Å²) >= 11 is 0. The molecular formula is C21H22N4O5S. The summed E-state index contributed by atoms with van der Waals surface area (Å²) in [5.41, 5.74) is 0.587. The lowest BCUT2D eigenvalue weighted by Gasteiger charge is -2.33. The van der Waals surface area contributed by atoms with E-state index in [9.17, 15) is 13.2 Å². The quantitative estimate of drug-likeness (QED) is 0.621. The van der Waals surface area contributed by atoms with Gasteiger partial charge < -0.3 is 14.2 Å². The predicted molar refractivity (Wildman–Crippen MR) is 111 cm³/mol. The van der Waals surface area contributed by atoms with Gasteiger partial charge in [0.1, 0.15) is 11.8 Å². The molecule has 1 aliphatic rings. The third kappa shape index (κ3) is 4.92. The van der Waals surface area contributed by atoms with Gasteiger partial charge in [0.2, 0.25) is 21.7 Å². The average Bonchev–Trinajstić information content (AvgIpc) is 3.28. The Morgan fingerprint density at radius 2 is 1.87 bits per heavy atom. The molecule has 2 N–H and O–H groups in total. The highest BCUT2D eigenvalue weighted by Crippen LogP contribution is 2.31. The van der Waals surface area contributed by atoms with Crippen molar-refractivity contribution in [2.45, 2.75) is 30.2 Å². The van der Waals surface area contributed by atoms with Crippen molar-refractivity contribution < 1.29 is 22.5 Å². The van der Waals surface area contributed by atoms with Crippen LogP contribution in [-0.2, 0) is 14.8 Å². The number of hydrogen-bond donors (Lipinski definition) is 1. The zero-order valence-corrected chi connectivity index (χ0v) is 17.5. The van der Waals surface area contributed by atoms with Gasteiger partial charge >= 0.3 is 0 Å². The Kier molecular flexibility index (Phi) is 6.01. The lowest BCUT2D eigenvalue weighted by Crippen LogP contribution is -2.41. The topological polar surface area (TPSA) is 129 Å². The number of carbonyl (C=O) groups excluding carboxylic acids is 1. The van der Waals surface area contributed by atoms with Crippen molar-refractivity contribution in [3.05, 3.63) is 60.5 Å². The molecule has 2 aromatic carbocycles. The van der Waals surface area contributed by atoms with E-state index in [-0.39, 0.29) is 23.5 Å². The van der Waals surface area contributed by atoms with E-state index in [2.05, 4.69) is 10.1 Å². The van der Waals surface area contributed by atoms with Gasteiger partial charge in [0, 0.05) is 12.1 Å². The second kappa shape index (κ2) is 8.86. The SMILES string of the molecule is NS(=O)(=O)c1ccc(-c2noc(C3CCCCN3C(=O)COc3ccccc3)n2)cc1. The van der Waals surface area contributed by atoms with Crippen LogP contribution < -0.4 is 9.88 Å². The van der Waals surface area contributed by atoms with E-state index in [0.717, 1.165) is 12.8 Å². The van der Waals surface area contributed by atoms with E-state index in [1.165, 1.54) is 12.1 Å². The Bertz CT molecular complexity index is 1150. The third-order valence-electron chi connectivity index (χ3n) is 5.10. The number of nitrogens with zero attached hydrogens (tertiary/aromatic N) is 3. The largest absolute Gasteiger partial charge is 0.484 e. The van der Waals surface area contributed by atoms with Crippen molar-refractivity contribution >= 4 is 15.9 Å². The molecule has 31 heavy (non-hydrogen) atoms. The number of ether oxygens (including phenoxy) is 1. The van der Waals surface area contributed by atoms with Gasteiger partial charge in [0.15, 0.2) is 6.61 Å². The fourth-order valence-corrected chi connectivity index (χ4v) is 4.03. The summed E-state index contributed by atoms with van der Waals surface area (Å²) in [6.45, 7) is 0.513. The number of amides is 1. The second-order valence-corrected chi connectivity index (χ2v) is 8.79. The number of hydrogen-bond acceptors (Lipinski definition) is 7. The molecule has 4 rings (SSSR count). The van der Waals surface area contributed by atoms with Crippen molar-refractivity contribution in [2.24, 2.45) is 5.14 Å². The van der Waals surface area contributed by atoms with Crippen LogP contribution in [0.1, 0.15) is 31.2 Å². The molecule has 162 valence electrons. The molecule has 0 saturated carbocycles. The molecule has 2 heterocycles. The first-order valence-electron chi connectivity index (χ1n) is 9.86. The molecule has 10 heteroatoms. The van der Waals surface area contributed by atoms with E-state index >= 15 is 0 Å². The minimum Gasteiger partial charge on any atom is -0.484 e. The number of para-hydroxylation sites is 1. The molecule has 1 amide bonds. The van der Waals surface area contributed by atoms with Crippen molar-refractivity contribution in [3.63, 3.8) is 0 Å². The number of sulfonamides is 1. The summed E-state index contributed by atoms with van der Waals surface area (Å²) in [6.07, 6.45) is 2.54. The Hall–Kier alpha value is -3.24. The van der Waals surface area contributed by atoms with Gasteiger partial charge in [-0.05, 0) is 55.7 Å². The number of rotatable bonds is 6. The lowest BCUT2D eigenvalue weighted by molar-refractivity contribution is -0.138. The molecule has 0 radical (unpaired) electrons. The highest BCUT2D eigenvalue weighted by atomic mass is 32.2. The van der Waals surface area contributed by atoms with Gasteiger partial charge in [-0.15, -0.1) is 0 Å². The van der Waals surface area contributed by atoms with Crippen molar-refractivity contribution in [1.29, 1.82) is 0 Å². The van der Waals surface area contributed by atoms with E-state index in [0.29, 0.717) is 36.0 Å². The lowest BCUT2D eigenvalue weighted by atomic mass is 10.0. The van der Waals surface area contributed by atoms with Crippen LogP contribution in [0.25, 0.3) is 11.4 Å². The van der Waals surface area contributed by atoms with Gasteiger partial charge in [-0.3, -0.25) is 4.79 Å². The number of nitrogens with two attached hydrogens (primary N) is 1. The first-order valence-corrected chi connectivity index (χ1v) is 11.4. The van der Waals surface area contributed by atoms with Gasteiger partial charge in [0.25, 0.3) is 5.91 Å². The number of primary sulfonamides is 1. The Labute approximate surface area is 179 Å². The van der Waals surface area contributed by atoms with Gasteiger partial charge in [-0.2, -0.15) is 4.98 Å². The smallest absolute Gasteiger partial charge is 0.261 e. The monoisotopic (exact) mass is 442 g/mol. The van der Waals surface area contributed by atoms with Gasteiger partial charge in [-0.25, -0.2) is 13.6 Å². The number of aromatic nitrogens is 2. The maximum atomic E-state index is 12.8. The Morgan fingerprint density at radius 1 is 1.13 bits per heavy atom. The van der Waals surface area contributed by atoms with E-state index < -0.39 is 10.0 Å². The summed E-state index contributed by atoms with van der Waals surface area (Å²) < 4.78 is 33.9. The molecule has 1 fully saturated rings. The third-order valence-corrected chi connectivity index (χ3v) is 6.03. The molecule has 0 spiro atoms. The first-order chi connectivity index (χ1) is 14.9. The van der Waals surface area contributed by atoms with Crippen LogP contribution in [0, 0.1) is 0 Å². The van der Waals surface area contributed by atoms with E-state index in [4.69, 9.17) is 14.4 Å². The van der Waals surface area contributed by atoms with Crippen molar-refractivity contribution in [3.8, 4) is 17.1 Å². The van der Waals surface area contributed by atoms with Crippen LogP contribution in [0.15, 0.2) is 64.0 Å². The average molecular weight is 442 g/mol. The molecule has 1 saturated heterocycles. The first kappa shape index (κ1) is 21.0. The fourth-order valence-electron chi connectivity index (χ4n) is 3.51. The molecule has 9 nitrogen and oxygen atoms in total. The molecule has 1 atom stereocenters. The normalized spacial score (nSPS) is 16.8. The maximum Gasteiger partial charge on any atom is 0.261 e. The standard InChI is InChI=1S/C21H22N4O5S/c22-31(27,28)17-11-9-15(10-12-17)20-23-21(30-24-20)18-8-4-5-13-25(18)19(26)14-29-16-6-2-1-3-7-16/h1-3,6-7,9-12,18H,4-5,8,13-14H2,(H2,22,27,28). The molecule has 1 aromatic heterocycles. The second-order valence-electron chi connectivity index (χ2n) is 7.23. The van der Waals surface area contributed by atoms with E-state index in [1.54, 1.807) is 29.2 Å². The summed E-state index contributed by atoms with van der Waals surface area (Å²) in [5, 5.41) is 9.13. The molecule has 0 aliphatic carbocycles. The minimum absolute atomic E-state index is 0.00226. The highest BCUT2D eigenvalue weighted by molar-refractivity contribution is 7.89. The van der Waals surface area contributed by atoms with Crippen molar-refractivity contribution in [1.82, 2.24) is 15.0 Å². The summed E-state index contributed by atoms with van der Waals surface area (Å²) in [6, 6.07) is 14.7. The van der Waals surface area contributed by atoms with Crippen LogP contribution in [-0.4, -0.2) is 42.5 Å². The minimum atomic E-state index is -3.78. The zero-order chi connectivity index (χ0) is 21.8. The van der Waals surface area contributed by atoms with E-state index in [1.807, 2.05) is 18.2 Å². The number of piperidine rings is 1. The molecular weight excluding hydrogens is 420 g/mol. The van der Waals surface area contributed by atoms with Gasteiger partial charge in [-0.1, -0.05) is 23.4 Å². The number of carbonyl (C=O) groups is 1. The van der Waals surface area contributed by atoms with Crippen molar-refractivity contribution in [2.75, 3.05) is 13.2 Å². The van der Waals surface area contributed by atoms with Crippen LogP contribution in [0.3, 0.4) is 0 Å². The fraction of sp³-hybridized carbons (Fsp3) is 0.286. The number of likely N-dealkylation sites (tertiary alicyclic amines) is 1.